The van der Waals surface area contributed by atoms with E-state index in [-0.39, 0.29) is 17.5 Å². The zero-order valence-corrected chi connectivity index (χ0v) is 17.1. The highest BCUT2D eigenvalue weighted by atomic mass is 19.4. The van der Waals surface area contributed by atoms with Gasteiger partial charge >= 0.3 is 12.4 Å². The number of halogens is 6. The lowest BCUT2D eigenvalue weighted by atomic mass is 9.95. The molecule has 2 nitrogen and oxygen atoms in total. The Labute approximate surface area is 186 Å². The van der Waals surface area contributed by atoms with E-state index in [2.05, 4.69) is 5.10 Å². The molecular formula is C25H18F6N2. The zero-order valence-electron chi connectivity index (χ0n) is 17.1. The van der Waals surface area contributed by atoms with Gasteiger partial charge in [-0.05, 0) is 41.5 Å². The third kappa shape index (κ3) is 4.94. The van der Waals surface area contributed by atoms with Crippen LogP contribution in [0.4, 0.5) is 32.0 Å². The number of rotatable bonds is 4. The normalized spacial score (nSPS) is 17.0. The first-order valence-corrected chi connectivity index (χ1v) is 10.1. The molecule has 8 heteroatoms. The molecule has 0 amide bonds. The van der Waals surface area contributed by atoms with Crippen molar-refractivity contribution in [2.75, 3.05) is 5.01 Å². The number of anilines is 1. The molecule has 3 aromatic carbocycles. The average molecular weight is 460 g/mol. The van der Waals surface area contributed by atoms with E-state index >= 15 is 0 Å². The second-order valence-electron chi connectivity index (χ2n) is 7.49. The van der Waals surface area contributed by atoms with E-state index in [4.69, 9.17) is 0 Å². The molecule has 0 fully saturated rings. The van der Waals surface area contributed by atoms with Crippen LogP contribution in [0.2, 0.25) is 0 Å². The Balaban J connectivity index is 1.73. The van der Waals surface area contributed by atoms with Crippen LogP contribution in [0.25, 0.3) is 6.08 Å². The van der Waals surface area contributed by atoms with Crippen molar-refractivity contribution in [3.05, 3.63) is 107 Å². The molecule has 0 aliphatic carbocycles. The van der Waals surface area contributed by atoms with Crippen LogP contribution in [-0.4, -0.2) is 5.71 Å². The van der Waals surface area contributed by atoms with Gasteiger partial charge in [-0.1, -0.05) is 60.7 Å². The second-order valence-corrected chi connectivity index (χ2v) is 7.49. The van der Waals surface area contributed by atoms with Crippen LogP contribution in [0.15, 0.2) is 90.0 Å². The summed E-state index contributed by atoms with van der Waals surface area (Å²) in [4.78, 5) is 0. The number of hydrogen-bond acceptors (Lipinski definition) is 2. The maximum Gasteiger partial charge on any atom is 0.416 e. The van der Waals surface area contributed by atoms with Crippen molar-refractivity contribution < 1.29 is 26.3 Å². The molecule has 0 bridgehead atoms. The van der Waals surface area contributed by atoms with E-state index < -0.39 is 29.5 Å². The highest BCUT2D eigenvalue weighted by Gasteiger charge is 2.38. The smallest absolute Gasteiger partial charge is 0.257 e. The molecule has 0 saturated heterocycles. The predicted octanol–water partition coefficient (Wildman–Crippen LogP) is 7.75. The van der Waals surface area contributed by atoms with Crippen LogP contribution >= 0.6 is 0 Å². The molecule has 0 aromatic heterocycles. The molecule has 0 unspecified atom stereocenters. The van der Waals surface area contributed by atoms with Gasteiger partial charge in [0.1, 0.15) is 0 Å². The molecule has 33 heavy (non-hydrogen) atoms. The van der Waals surface area contributed by atoms with Crippen LogP contribution in [-0.2, 0) is 12.4 Å². The fourth-order valence-corrected chi connectivity index (χ4v) is 3.83. The van der Waals surface area contributed by atoms with Gasteiger partial charge in [-0.3, -0.25) is 5.01 Å². The minimum atomic E-state index is -4.55. The van der Waals surface area contributed by atoms with Crippen molar-refractivity contribution in [2.24, 2.45) is 5.10 Å². The summed E-state index contributed by atoms with van der Waals surface area (Å²) < 4.78 is 80.9. The Kier molecular flexibility index (Phi) is 6.01. The van der Waals surface area contributed by atoms with Crippen molar-refractivity contribution in [3.63, 3.8) is 0 Å². The van der Waals surface area contributed by atoms with E-state index in [1.54, 1.807) is 30.3 Å². The van der Waals surface area contributed by atoms with Crippen molar-refractivity contribution in [1.29, 1.82) is 0 Å². The van der Waals surface area contributed by atoms with Crippen molar-refractivity contribution in [1.82, 2.24) is 0 Å². The standard InChI is InChI=1S/C25H18F6N2/c26-24(27,28)21-12-6-4-8-17(21)14-15-18-16-23(33(32-18)19-9-2-1-3-10-19)20-11-5-7-13-22(20)25(29,30)31/h1-15,23H,16H2/b15-14+/t23-/m1/s1. The van der Waals surface area contributed by atoms with Gasteiger partial charge in [0.25, 0.3) is 0 Å². The molecule has 1 heterocycles. The molecule has 0 saturated carbocycles. The highest BCUT2D eigenvalue weighted by molar-refractivity contribution is 6.01. The van der Waals surface area contributed by atoms with E-state index in [1.807, 2.05) is 0 Å². The van der Waals surface area contributed by atoms with E-state index in [0.29, 0.717) is 11.4 Å². The number of benzene rings is 3. The minimum Gasteiger partial charge on any atom is -0.257 e. The van der Waals surface area contributed by atoms with Crippen LogP contribution in [0.5, 0.6) is 0 Å². The molecule has 1 aliphatic heterocycles. The first-order chi connectivity index (χ1) is 15.6. The van der Waals surface area contributed by atoms with E-state index in [0.717, 1.165) is 12.1 Å². The number of hydrazone groups is 1. The number of allylic oxidation sites excluding steroid dienone is 1. The molecule has 0 N–H and O–H groups in total. The molecule has 4 rings (SSSR count). The maximum atomic E-state index is 13.7. The lowest BCUT2D eigenvalue weighted by Gasteiger charge is -2.26. The topological polar surface area (TPSA) is 15.6 Å². The van der Waals surface area contributed by atoms with E-state index in [9.17, 15) is 26.3 Å². The van der Waals surface area contributed by atoms with Crippen molar-refractivity contribution in [3.8, 4) is 0 Å². The van der Waals surface area contributed by atoms with E-state index in [1.165, 1.54) is 53.6 Å². The predicted molar refractivity (Wildman–Crippen MR) is 116 cm³/mol. The molecule has 1 aliphatic rings. The summed E-state index contributed by atoms with van der Waals surface area (Å²) in [5.74, 6) is 0. The molecule has 0 spiro atoms. The third-order valence-corrected chi connectivity index (χ3v) is 5.30. The van der Waals surface area contributed by atoms with Crippen molar-refractivity contribution in [2.45, 2.75) is 24.8 Å². The van der Waals surface area contributed by atoms with Gasteiger partial charge in [-0.25, -0.2) is 0 Å². The number of para-hydroxylation sites is 1. The Hall–Kier alpha value is -3.55. The summed E-state index contributed by atoms with van der Waals surface area (Å²) in [5.41, 5.74) is -0.594. The fourth-order valence-electron chi connectivity index (χ4n) is 3.83. The first-order valence-electron chi connectivity index (χ1n) is 10.1. The maximum absolute atomic E-state index is 13.7. The Morgan fingerprint density at radius 1 is 0.697 bits per heavy atom. The highest BCUT2D eigenvalue weighted by Crippen LogP contribution is 2.42. The first kappa shape index (κ1) is 22.6. The SMILES string of the molecule is FC(F)(F)c1ccccc1/C=C/C1=NN(c2ccccc2)[C@@H](c2ccccc2C(F)(F)F)C1. The lowest BCUT2D eigenvalue weighted by molar-refractivity contribution is -0.139. The Morgan fingerprint density at radius 2 is 1.27 bits per heavy atom. The lowest BCUT2D eigenvalue weighted by Crippen LogP contribution is -2.22. The Bertz CT molecular complexity index is 1180. The van der Waals surface area contributed by atoms with Crippen LogP contribution in [0, 0.1) is 0 Å². The summed E-state index contributed by atoms with van der Waals surface area (Å²) in [7, 11) is 0. The van der Waals surface area contributed by atoms with Crippen LogP contribution in [0.3, 0.4) is 0 Å². The molecule has 170 valence electrons. The van der Waals surface area contributed by atoms with Crippen LogP contribution < -0.4 is 5.01 Å². The van der Waals surface area contributed by atoms with Gasteiger partial charge in [-0.2, -0.15) is 31.4 Å². The summed E-state index contributed by atoms with van der Waals surface area (Å²) in [6, 6.07) is 18.3. The quantitative estimate of drug-likeness (QED) is 0.364. The van der Waals surface area contributed by atoms with Gasteiger partial charge in [0.2, 0.25) is 0 Å². The molecule has 0 radical (unpaired) electrons. The average Bonchev–Trinajstić information content (AvgIpc) is 3.21. The van der Waals surface area contributed by atoms with Gasteiger partial charge in [0.15, 0.2) is 0 Å². The van der Waals surface area contributed by atoms with Gasteiger partial charge in [-0.15, -0.1) is 0 Å². The number of hydrogen-bond donors (Lipinski definition) is 0. The largest absolute Gasteiger partial charge is 0.416 e. The summed E-state index contributed by atoms with van der Waals surface area (Å²) >= 11 is 0. The number of nitrogens with zero attached hydrogens (tertiary/aromatic N) is 2. The monoisotopic (exact) mass is 460 g/mol. The van der Waals surface area contributed by atoms with Gasteiger partial charge in [0, 0.05) is 6.42 Å². The van der Waals surface area contributed by atoms with Gasteiger partial charge < -0.3 is 0 Å². The fraction of sp³-hybridized carbons (Fsp3) is 0.160. The molecular weight excluding hydrogens is 442 g/mol. The summed E-state index contributed by atoms with van der Waals surface area (Å²) in [6.45, 7) is 0. The summed E-state index contributed by atoms with van der Waals surface area (Å²) in [6.07, 6.45) is -6.25. The zero-order chi connectivity index (χ0) is 23.6. The second kappa shape index (κ2) is 8.77. The van der Waals surface area contributed by atoms with Gasteiger partial charge in [0.05, 0.1) is 28.6 Å². The van der Waals surface area contributed by atoms with Crippen LogP contribution in [0.1, 0.15) is 34.7 Å². The number of alkyl halides is 6. The molecule has 3 aromatic rings. The summed E-state index contributed by atoms with van der Waals surface area (Å²) in [5, 5.41) is 5.95. The minimum absolute atomic E-state index is 0.0434. The Morgan fingerprint density at radius 3 is 1.94 bits per heavy atom. The van der Waals surface area contributed by atoms with Crippen molar-refractivity contribution >= 4 is 17.5 Å². The molecule has 1 atom stereocenters. The third-order valence-electron chi connectivity index (χ3n) is 5.30.